The molecule has 0 aromatic heterocycles. The zero-order chi connectivity index (χ0) is 24.5. The minimum Gasteiger partial charge on any atom is -0.456 e. The van der Waals surface area contributed by atoms with Gasteiger partial charge in [-0.2, -0.15) is 0 Å². The lowest BCUT2D eigenvalue weighted by Crippen LogP contribution is -2.21. The number of rotatable bonds is 9. The van der Waals surface area contributed by atoms with E-state index in [0.29, 0.717) is 32.9 Å². The minimum atomic E-state index is -0.641. The SMILES string of the molecule is Cc1ccc(NC(=O)COC(=O)CCC(=O)Nc2ccc(Oc3ccc(Cl)cc3Cl)cc2)cc1. The second-order valence-electron chi connectivity index (χ2n) is 7.32. The first-order valence-corrected chi connectivity index (χ1v) is 11.1. The molecule has 2 N–H and O–H groups in total. The maximum Gasteiger partial charge on any atom is 0.306 e. The van der Waals surface area contributed by atoms with Gasteiger partial charge < -0.3 is 20.1 Å². The molecule has 34 heavy (non-hydrogen) atoms. The van der Waals surface area contributed by atoms with Gasteiger partial charge in [0, 0.05) is 22.8 Å². The molecule has 0 aliphatic carbocycles. The van der Waals surface area contributed by atoms with Crippen LogP contribution in [0.25, 0.3) is 0 Å². The van der Waals surface area contributed by atoms with Crippen LogP contribution in [0.3, 0.4) is 0 Å². The fourth-order valence-corrected chi connectivity index (χ4v) is 3.23. The third-order valence-electron chi connectivity index (χ3n) is 4.52. The Bertz CT molecular complexity index is 1160. The molecule has 2 amide bonds. The Labute approximate surface area is 207 Å². The smallest absolute Gasteiger partial charge is 0.306 e. The Balaban J connectivity index is 1.38. The van der Waals surface area contributed by atoms with E-state index < -0.39 is 18.5 Å². The van der Waals surface area contributed by atoms with Crippen molar-refractivity contribution in [3.8, 4) is 11.5 Å². The molecule has 0 aliphatic rings. The number of hydrogen-bond donors (Lipinski definition) is 2. The molecule has 0 radical (unpaired) electrons. The number of aryl methyl sites for hydroxylation is 1. The summed E-state index contributed by atoms with van der Waals surface area (Å²) >= 11 is 12.0. The first kappa shape index (κ1) is 25.1. The lowest BCUT2D eigenvalue weighted by atomic mass is 10.2. The van der Waals surface area contributed by atoms with Crippen LogP contribution in [0, 0.1) is 6.92 Å². The van der Waals surface area contributed by atoms with Crippen LogP contribution in [-0.2, 0) is 19.1 Å². The number of carbonyl (C=O) groups excluding carboxylic acids is 3. The summed E-state index contributed by atoms with van der Waals surface area (Å²) in [6.07, 6.45) is -0.239. The molecule has 0 aliphatic heterocycles. The van der Waals surface area contributed by atoms with E-state index >= 15 is 0 Å². The van der Waals surface area contributed by atoms with Crippen LogP contribution >= 0.6 is 23.2 Å². The van der Waals surface area contributed by atoms with E-state index in [9.17, 15) is 14.4 Å². The van der Waals surface area contributed by atoms with Crippen LogP contribution in [-0.4, -0.2) is 24.4 Å². The number of hydrogen-bond acceptors (Lipinski definition) is 5. The van der Waals surface area contributed by atoms with Gasteiger partial charge in [-0.25, -0.2) is 0 Å². The monoisotopic (exact) mass is 500 g/mol. The molecule has 0 unspecified atom stereocenters. The molecule has 0 bridgehead atoms. The largest absolute Gasteiger partial charge is 0.456 e. The predicted molar refractivity (Wildman–Crippen MR) is 132 cm³/mol. The number of benzene rings is 3. The number of carbonyl (C=O) groups is 3. The van der Waals surface area contributed by atoms with Gasteiger partial charge in [0.25, 0.3) is 5.91 Å². The van der Waals surface area contributed by atoms with Gasteiger partial charge in [-0.05, 0) is 61.5 Å². The second kappa shape index (κ2) is 12.1. The molecule has 3 aromatic carbocycles. The first-order valence-electron chi connectivity index (χ1n) is 10.3. The van der Waals surface area contributed by atoms with Crippen LogP contribution < -0.4 is 15.4 Å². The maximum atomic E-state index is 12.1. The third kappa shape index (κ3) is 8.10. The average molecular weight is 501 g/mol. The molecule has 3 aromatic rings. The van der Waals surface area contributed by atoms with Crippen LogP contribution in [0.5, 0.6) is 11.5 Å². The van der Waals surface area contributed by atoms with Crippen molar-refractivity contribution in [3.63, 3.8) is 0 Å². The zero-order valence-corrected chi connectivity index (χ0v) is 19.8. The molecule has 3 rings (SSSR count). The summed E-state index contributed by atoms with van der Waals surface area (Å²) in [6, 6.07) is 18.8. The zero-order valence-electron chi connectivity index (χ0n) is 18.3. The number of nitrogens with one attached hydrogen (secondary N) is 2. The Morgan fingerprint density at radius 2 is 1.41 bits per heavy atom. The van der Waals surface area contributed by atoms with Crippen LogP contribution in [0.15, 0.2) is 66.7 Å². The van der Waals surface area contributed by atoms with Crippen LogP contribution in [0.1, 0.15) is 18.4 Å². The molecule has 0 saturated carbocycles. The number of ether oxygens (including phenoxy) is 2. The van der Waals surface area contributed by atoms with E-state index in [2.05, 4.69) is 10.6 Å². The van der Waals surface area contributed by atoms with E-state index in [1.54, 1.807) is 54.6 Å². The molecule has 176 valence electrons. The highest BCUT2D eigenvalue weighted by atomic mass is 35.5. The topological polar surface area (TPSA) is 93.7 Å². The van der Waals surface area contributed by atoms with Gasteiger partial charge in [0.15, 0.2) is 6.61 Å². The molecular weight excluding hydrogens is 479 g/mol. The van der Waals surface area contributed by atoms with Crippen molar-refractivity contribution in [2.45, 2.75) is 19.8 Å². The highest BCUT2D eigenvalue weighted by molar-refractivity contribution is 6.35. The van der Waals surface area contributed by atoms with Gasteiger partial charge in [-0.15, -0.1) is 0 Å². The van der Waals surface area contributed by atoms with Gasteiger partial charge in [0.1, 0.15) is 11.5 Å². The summed E-state index contributed by atoms with van der Waals surface area (Å²) in [5.41, 5.74) is 2.21. The van der Waals surface area contributed by atoms with Crippen molar-refractivity contribution in [2.75, 3.05) is 17.2 Å². The van der Waals surface area contributed by atoms with Gasteiger partial charge in [0.2, 0.25) is 5.91 Å². The van der Waals surface area contributed by atoms with Crippen molar-refractivity contribution in [2.24, 2.45) is 0 Å². The molecule has 0 fully saturated rings. The van der Waals surface area contributed by atoms with Crippen molar-refractivity contribution in [1.82, 2.24) is 0 Å². The maximum absolute atomic E-state index is 12.1. The summed E-state index contributed by atoms with van der Waals surface area (Å²) in [6.45, 7) is 1.51. The summed E-state index contributed by atoms with van der Waals surface area (Å²) in [5.74, 6) is -0.485. The number of esters is 1. The molecule has 9 heteroatoms. The highest BCUT2D eigenvalue weighted by Crippen LogP contribution is 2.31. The van der Waals surface area contributed by atoms with E-state index in [4.69, 9.17) is 32.7 Å². The van der Waals surface area contributed by atoms with Crippen LogP contribution in [0.2, 0.25) is 10.0 Å². The first-order chi connectivity index (χ1) is 16.3. The normalized spacial score (nSPS) is 10.3. The Hall–Kier alpha value is -3.55. The standard InChI is InChI=1S/C25H22Cl2N2O5/c1-16-2-5-18(6-3-16)29-24(31)15-33-25(32)13-12-23(30)28-19-7-9-20(10-8-19)34-22-11-4-17(26)14-21(22)27/h2-11,14H,12-13,15H2,1H3,(H,28,30)(H,29,31). The molecule has 0 saturated heterocycles. The van der Waals surface area contributed by atoms with Gasteiger partial charge in [0.05, 0.1) is 11.4 Å². The molecule has 0 heterocycles. The Morgan fingerprint density at radius 1 is 0.794 bits per heavy atom. The number of amides is 2. The average Bonchev–Trinajstić information content (AvgIpc) is 2.81. The number of halogens is 2. The third-order valence-corrected chi connectivity index (χ3v) is 5.05. The Morgan fingerprint density at radius 3 is 2.06 bits per heavy atom. The summed E-state index contributed by atoms with van der Waals surface area (Å²) < 4.78 is 10.6. The van der Waals surface area contributed by atoms with Crippen molar-refractivity contribution in [1.29, 1.82) is 0 Å². The van der Waals surface area contributed by atoms with Gasteiger partial charge in [-0.1, -0.05) is 40.9 Å². The van der Waals surface area contributed by atoms with E-state index in [0.717, 1.165) is 5.56 Å². The molecular formula is C25H22Cl2N2O5. The number of anilines is 2. The quantitative estimate of drug-likeness (QED) is 0.351. The van der Waals surface area contributed by atoms with E-state index in [1.807, 2.05) is 19.1 Å². The summed E-state index contributed by atoms with van der Waals surface area (Å²) in [5, 5.41) is 6.20. The lowest BCUT2D eigenvalue weighted by molar-refractivity contribution is -0.147. The van der Waals surface area contributed by atoms with E-state index in [1.165, 1.54) is 0 Å². The van der Waals surface area contributed by atoms with Crippen LogP contribution in [0.4, 0.5) is 11.4 Å². The minimum absolute atomic E-state index is 0.0863. The summed E-state index contributed by atoms with van der Waals surface area (Å²) in [7, 11) is 0. The fourth-order valence-electron chi connectivity index (χ4n) is 2.78. The molecule has 7 nitrogen and oxygen atoms in total. The molecule has 0 atom stereocenters. The van der Waals surface area contributed by atoms with Crippen molar-refractivity contribution < 1.29 is 23.9 Å². The van der Waals surface area contributed by atoms with Crippen molar-refractivity contribution >= 4 is 52.4 Å². The lowest BCUT2D eigenvalue weighted by Gasteiger charge is -2.10. The van der Waals surface area contributed by atoms with E-state index in [-0.39, 0.29) is 18.7 Å². The van der Waals surface area contributed by atoms with Gasteiger partial charge in [-0.3, -0.25) is 14.4 Å². The Kier molecular flexibility index (Phi) is 8.90. The second-order valence-corrected chi connectivity index (χ2v) is 8.17. The highest BCUT2D eigenvalue weighted by Gasteiger charge is 2.11. The van der Waals surface area contributed by atoms with Crippen molar-refractivity contribution in [3.05, 3.63) is 82.3 Å². The fraction of sp³-hybridized carbons (Fsp3) is 0.160. The summed E-state index contributed by atoms with van der Waals surface area (Å²) in [4.78, 5) is 35.8. The molecule has 0 spiro atoms. The van der Waals surface area contributed by atoms with Gasteiger partial charge >= 0.3 is 5.97 Å². The predicted octanol–water partition coefficient (Wildman–Crippen LogP) is 5.99.